The van der Waals surface area contributed by atoms with Crippen molar-refractivity contribution in [2.75, 3.05) is 5.32 Å². The number of hydrogen-bond donors (Lipinski definition) is 1. The summed E-state index contributed by atoms with van der Waals surface area (Å²) in [6, 6.07) is 6.70. The van der Waals surface area contributed by atoms with Crippen LogP contribution in [0.3, 0.4) is 0 Å². The van der Waals surface area contributed by atoms with Gasteiger partial charge in [0.1, 0.15) is 6.04 Å². The van der Waals surface area contributed by atoms with Crippen LogP contribution >= 0.6 is 39.1 Å². The van der Waals surface area contributed by atoms with Crippen molar-refractivity contribution in [2.45, 2.75) is 33.4 Å². The smallest absolute Gasteiger partial charge is 0.250 e. The number of aryl methyl sites for hydroxylation is 2. The zero-order chi connectivity index (χ0) is 19.7. The number of halogens is 3. The fourth-order valence-corrected chi connectivity index (χ4v) is 3.31. The summed E-state index contributed by atoms with van der Waals surface area (Å²) in [5, 5.41) is 12.8. The average Bonchev–Trinajstić information content (AvgIpc) is 3.11. The van der Waals surface area contributed by atoms with Crippen LogP contribution in [0.5, 0.6) is 0 Å². The zero-order valence-electron chi connectivity index (χ0n) is 15.0. The Morgan fingerprint density at radius 1 is 1.26 bits per heavy atom. The molecule has 2 aromatic heterocycles. The molecule has 0 radical (unpaired) electrons. The van der Waals surface area contributed by atoms with E-state index in [0.29, 0.717) is 22.4 Å². The Labute approximate surface area is 175 Å². The minimum atomic E-state index is -0.467. The summed E-state index contributed by atoms with van der Waals surface area (Å²) in [5.41, 5.74) is 2.63. The molecule has 0 fully saturated rings. The molecule has 0 aliphatic carbocycles. The number of carbonyl (C=O) groups is 1. The third-order valence-electron chi connectivity index (χ3n) is 4.20. The molecule has 1 N–H and O–H groups in total. The number of rotatable bonds is 5. The van der Waals surface area contributed by atoms with Crippen LogP contribution < -0.4 is 5.32 Å². The van der Waals surface area contributed by atoms with Crippen LogP contribution in [0.25, 0.3) is 0 Å². The number of carbonyl (C=O) groups excluding carboxylic acids is 1. The molecule has 0 saturated heterocycles. The first-order chi connectivity index (χ1) is 12.7. The molecule has 9 heteroatoms. The van der Waals surface area contributed by atoms with Crippen LogP contribution in [0.4, 0.5) is 5.82 Å². The number of amides is 1. The van der Waals surface area contributed by atoms with Gasteiger partial charge in [0, 0.05) is 28.0 Å². The van der Waals surface area contributed by atoms with Gasteiger partial charge in [0.05, 0.1) is 16.7 Å². The molecule has 1 atom stereocenters. The molecule has 0 bridgehead atoms. The Balaban J connectivity index is 1.73. The molecule has 2 heterocycles. The van der Waals surface area contributed by atoms with Crippen molar-refractivity contribution in [3.8, 4) is 0 Å². The van der Waals surface area contributed by atoms with Crippen LogP contribution in [-0.2, 0) is 11.3 Å². The Morgan fingerprint density at radius 3 is 2.63 bits per heavy atom. The van der Waals surface area contributed by atoms with Crippen molar-refractivity contribution < 1.29 is 4.79 Å². The molecule has 3 aromatic rings. The Kier molecular flexibility index (Phi) is 5.93. The topological polar surface area (TPSA) is 64.7 Å². The molecule has 0 spiro atoms. The average molecular weight is 471 g/mol. The third kappa shape index (κ3) is 4.54. The van der Waals surface area contributed by atoms with Crippen LogP contribution in [-0.4, -0.2) is 25.5 Å². The molecule has 27 heavy (non-hydrogen) atoms. The number of anilines is 1. The van der Waals surface area contributed by atoms with Crippen LogP contribution in [0.2, 0.25) is 10.0 Å². The Hall–Kier alpha value is -1.83. The van der Waals surface area contributed by atoms with E-state index in [4.69, 9.17) is 23.2 Å². The van der Waals surface area contributed by atoms with E-state index in [2.05, 4.69) is 31.4 Å². The summed E-state index contributed by atoms with van der Waals surface area (Å²) in [5.74, 6) is 0.288. The summed E-state index contributed by atoms with van der Waals surface area (Å²) in [7, 11) is 0. The molecule has 0 aliphatic rings. The first-order valence-corrected chi connectivity index (χ1v) is 9.80. The van der Waals surface area contributed by atoms with Gasteiger partial charge >= 0.3 is 0 Å². The van der Waals surface area contributed by atoms with Gasteiger partial charge in [-0.25, -0.2) is 0 Å². The van der Waals surface area contributed by atoms with Crippen molar-refractivity contribution in [3.05, 3.63) is 61.9 Å². The van der Waals surface area contributed by atoms with Gasteiger partial charge in [0.2, 0.25) is 5.91 Å². The minimum Gasteiger partial charge on any atom is -0.307 e. The van der Waals surface area contributed by atoms with Gasteiger partial charge in [-0.15, -0.1) is 0 Å². The lowest BCUT2D eigenvalue weighted by Gasteiger charge is -2.11. The summed E-state index contributed by atoms with van der Waals surface area (Å²) in [4.78, 5) is 12.5. The highest BCUT2D eigenvalue weighted by atomic mass is 79.9. The number of aromatic nitrogens is 4. The predicted octanol–water partition coefficient (Wildman–Crippen LogP) is 5.01. The summed E-state index contributed by atoms with van der Waals surface area (Å²) >= 11 is 15.6. The van der Waals surface area contributed by atoms with E-state index < -0.39 is 6.04 Å². The molecular weight excluding hydrogens is 453 g/mol. The molecule has 1 unspecified atom stereocenters. The third-order valence-corrected chi connectivity index (χ3v) is 5.57. The molecule has 1 aromatic carbocycles. The molecule has 142 valence electrons. The maximum absolute atomic E-state index is 12.5. The van der Waals surface area contributed by atoms with Crippen LogP contribution in [0.15, 0.2) is 34.9 Å². The monoisotopic (exact) mass is 469 g/mol. The number of nitrogens with zero attached hydrogens (tertiary/aromatic N) is 4. The van der Waals surface area contributed by atoms with Gasteiger partial charge in [-0.3, -0.25) is 14.2 Å². The maximum Gasteiger partial charge on any atom is 0.250 e. The minimum absolute atomic E-state index is 0.195. The fourth-order valence-electron chi connectivity index (χ4n) is 2.55. The van der Waals surface area contributed by atoms with E-state index in [1.54, 1.807) is 34.6 Å². The van der Waals surface area contributed by atoms with Gasteiger partial charge < -0.3 is 5.32 Å². The van der Waals surface area contributed by atoms with Crippen molar-refractivity contribution in [1.82, 2.24) is 19.6 Å². The van der Waals surface area contributed by atoms with Gasteiger partial charge in [-0.05, 0) is 54.4 Å². The molecule has 1 amide bonds. The SMILES string of the molecule is Cc1nn(C(C)C(=O)Nc2cc(C)n(Cc3ccc(Cl)cc3Cl)n2)cc1Br. The van der Waals surface area contributed by atoms with E-state index in [-0.39, 0.29) is 5.91 Å². The maximum atomic E-state index is 12.5. The van der Waals surface area contributed by atoms with Gasteiger partial charge in [0.25, 0.3) is 0 Å². The first kappa shape index (κ1) is 19.9. The van der Waals surface area contributed by atoms with Gasteiger partial charge in [-0.2, -0.15) is 10.2 Å². The van der Waals surface area contributed by atoms with E-state index in [1.165, 1.54) is 0 Å². The lowest BCUT2D eigenvalue weighted by molar-refractivity contribution is -0.119. The second-order valence-corrected chi connectivity index (χ2v) is 7.97. The van der Waals surface area contributed by atoms with E-state index >= 15 is 0 Å². The van der Waals surface area contributed by atoms with E-state index in [9.17, 15) is 4.79 Å². The summed E-state index contributed by atoms with van der Waals surface area (Å²) in [6.45, 7) is 6.06. The molecular formula is C18H18BrCl2N5O. The van der Waals surface area contributed by atoms with Crippen molar-refractivity contribution in [3.63, 3.8) is 0 Å². The lowest BCUT2D eigenvalue weighted by Crippen LogP contribution is -2.24. The molecule has 0 saturated carbocycles. The van der Waals surface area contributed by atoms with Gasteiger partial charge in [0.15, 0.2) is 5.82 Å². The second kappa shape index (κ2) is 8.04. The summed E-state index contributed by atoms with van der Waals surface area (Å²) in [6.07, 6.45) is 1.78. The normalized spacial score (nSPS) is 12.2. The quantitative estimate of drug-likeness (QED) is 0.569. The van der Waals surface area contributed by atoms with Crippen molar-refractivity contribution >= 4 is 50.9 Å². The zero-order valence-corrected chi connectivity index (χ0v) is 18.1. The number of benzene rings is 1. The van der Waals surface area contributed by atoms with E-state index in [1.807, 2.05) is 26.0 Å². The molecule has 6 nitrogen and oxygen atoms in total. The van der Waals surface area contributed by atoms with Crippen molar-refractivity contribution in [1.29, 1.82) is 0 Å². The highest BCUT2D eigenvalue weighted by molar-refractivity contribution is 9.10. The second-order valence-electron chi connectivity index (χ2n) is 6.27. The predicted molar refractivity (Wildman–Crippen MR) is 111 cm³/mol. The molecule has 3 rings (SSSR count). The van der Waals surface area contributed by atoms with Gasteiger partial charge in [-0.1, -0.05) is 29.3 Å². The molecule has 0 aliphatic heterocycles. The number of hydrogen-bond acceptors (Lipinski definition) is 3. The van der Waals surface area contributed by atoms with E-state index in [0.717, 1.165) is 21.4 Å². The highest BCUT2D eigenvalue weighted by Crippen LogP contribution is 2.23. The van der Waals surface area contributed by atoms with Crippen LogP contribution in [0.1, 0.15) is 29.9 Å². The van der Waals surface area contributed by atoms with Crippen molar-refractivity contribution in [2.24, 2.45) is 0 Å². The Bertz CT molecular complexity index is 978. The first-order valence-electron chi connectivity index (χ1n) is 8.25. The number of nitrogens with one attached hydrogen (secondary N) is 1. The standard InChI is InChI=1S/C18H18BrCl2N5O/c1-10-6-17(22-18(27)12(3)26-9-15(19)11(2)23-26)24-25(10)8-13-4-5-14(20)7-16(13)21/h4-7,9,12H,8H2,1-3H3,(H,22,24,27). The Morgan fingerprint density at radius 2 is 2.00 bits per heavy atom. The summed E-state index contributed by atoms with van der Waals surface area (Å²) < 4.78 is 4.26. The fraction of sp³-hybridized carbons (Fsp3) is 0.278. The highest BCUT2D eigenvalue weighted by Gasteiger charge is 2.19. The van der Waals surface area contributed by atoms with Crippen LogP contribution in [0, 0.1) is 13.8 Å². The lowest BCUT2D eigenvalue weighted by atomic mass is 10.2. The largest absolute Gasteiger partial charge is 0.307 e.